The van der Waals surface area contributed by atoms with E-state index in [4.69, 9.17) is 5.73 Å². The van der Waals surface area contributed by atoms with Crippen LogP contribution in [0.5, 0.6) is 0 Å². The molecule has 0 aliphatic carbocycles. The average Bonchev–Trinajstić information content (AvgIpc) is 2.75. The number of benzene rings is 1. The van der Waals surface area contributed by atoms with Gasteiger partial charge in [0.25, 0.3) is 5.91 Å². The molecule has 1 aromatic heterocycles. The van der Waals surface area contributed by atoms with Gasteiger partial charge in [-0.3, -0.25) is 9.48 Å². The molecule has 0 unspecified atom stereocenters. The molecular weight excluding hydrogens is 308 g/mol. The summed E-state index contributed by atoms with van der Waals surface area (Å²) in [5.74, 6) is -0.174. The van der Waals surface area contributed by atoms with E-state index < -0.39 is 0 Å². The van der Waals surface area contributed by atoms with Gasteiger partial charge in [-0.2, -0.15) is 5.10 Å². The van der Waals surface area contributed by atoms with E-state index in [-0.39, 0.29) is 5.91 Å². The second kappa shape index (κ2) is 5.44. The Morgan fingerprint density at radius 1 is 1.53 bits per heavy atom. The van der Waals surface area contributed by atoms with Crippen LogP contribution in [0.1, 0.15) is 23.0 Å². The topological polar surface area (TPSA) is 72.9 Å². The summed E-state index contributed by atoms with van der Waals surface area (Å²) in [5.41, 5.74) is 8.40. The first kappa shape index (κ1) is 13.6. The van der Waals surface area contributed by atoms with Crippen molar-refractivity contribution in [1.29, 1.82) is 0 Å². The molecule has 2 aromatic rings. The molecular formula is C13H15BrN4O. The Labute approximate surface area is 119 Å². The van der Waals surface area contributed by atoms with Crippen molar-refractivity contribution in [3.8, 4) is 0 Å². The van der Waals surface area contributed by atoms with Crippen molar-refractivity contribution in [1.82, 2.24) is 9.78 Å². The maximum Gasteiger partial charge on any atom is 0.259 e. The molecule has 0 spiro atoms. The van der Waals surface area contributed by atoms with Gasteiger partial charge in [0.1, 0.15) is 0 Å². The summed E-state index contributed by atoms with van der Waals surface area (Å²) in [6.45, 7) is 1.97. The SMILES string of the molecule is CCc1nn(C)cc1C(=O)Nc1ccc(Br)c(N)c1. The lowest BCUT2D eigenvalue weighted by Gasteiger charge is -2.06. The van der Waals surface area contributed by atoms with Gasteiger partial charge >= 0.3 is 0 Å². The molecule has 0 bridgehead atoms. The van der Waals surface area contributed by atoms with Crippen LogP contribution in [-0.2, 0) is 13.5 Å². The van der Waals surface area contributed by atoms with E-state index in [1.807, 2.05) is 6.92 Å². The second-order valence-electron chi connectivity index (χ2n) is 4.21. The molecule has 2 rings (SSSR count). The van der Waals surface area contributed by atoms with Gasteiger partial charge in [-0.25, -0.2) is 0 Å². The van der Waals surface area contributed by atoms with Crippen LogP contribution >= 0.6 is 15.9 Å². The van der Waals surface area contributed by atoms with E-state index >= 15 is 0 Å². The van der Waals surface area contributed by atoms with E-state index in [0.717, 1.165) is 10.2 Å². The van der Waals surface area contributed by atoms with Gasteiger partial charge in [-0.05, 0) is 40.5 Å². The highest BCUT2D eigenvalue weighted by Gasteiger charge is 2.14. The molecule has 1 amide bonds. The Bertz CT molecular complexity index is 621. The summed E-state index contributed by atoms with van der Waals surface area (Å²) in [5, 5.41) is 7.07. The lowest BCUT2D eigenvalue weighted by Crippen LogP contribution is -2.13. The fourth-order valence-electron chi connectivity index (χ4n) is 1.81. The number of rotatable bonds is 3. The first-order chi connectivity index (χ1) is 9.01. The molecule has 3 N–H and O–H groups in total. The van der Waals surface area contributed by atoms with Gasteiger partial charge in [0.05, 0.1) is 11.3 Å². The number of halogens is 1. The summed E-state index contributed by atoms with van der Waals surface area (Å²) in [7, 11) is 1.80. The zero-order valence-electron chi connectivity index (χ0n) is 10.8. The number of nitrogens with two attached hydrogens (primary N) is 1. The minimum Gasteiger partial charge on any atom is -0.398 e. The summed E-state index contributed by atoms with van der Waals surface area (Å²) in [4.78, 5) is 12.2. The Morgan fingerprint density at radius 3 is 2.89 bits per heavy atom. The molecule has 0 fully saturated rings. The fraction of sp³-hybridized carbons (Fsp3) is 0.231. The zero-order valence-corrected chi connectivity index (χ0v) is 12.4. The summed E-state index contributed by atoms with van der Waals surface area (Å²) < 4.78 is 2.45. The number of amides is 1. The Hall–Kier alpha value is -1.82. The largest absolute Gasteiger partial charge is 0.398 e. The number of aryl methyl sites for hydroxylation is 2. The normalized spacial score (nSPS) is 10.5. The summed E-state index contributed by atoms with van der Waals surface area (Å²) >= 11 is 3.32. The fourth-order valence-corrected chi connectivity index (χ4v) is 2.05. The first-order valence-electron chi connectivity index (χ1n) is 5.90. The number of nitrogen functional groups attached to an aromatic ring is 1. The van der Waals surface area contributed by atoms with Gasteiger partial charge in [0.2, 0.25) is 0 Å². The van der Waals surface area contributed by atoms with Crippen LogP contribution in [0.4, 0.5) is 11.4 Å². The zero-order chi connectivity index (χ0) is 14.0. The van der Waals surface area contributed by atoms with Gasteiger partial charge in [-0.1, -0.05) is 6.92 Å². The van der Waals surface area contributed by atoms with Crippen LogP contribution in [-0.4, -0.2) is 15.7 Å². The number of hydrogen-bond donors (Lipinski definition) is 2. The Morgan fingerprint density at radius 2 is 2.26 bits per heavy atom. The smallest absolute Gasteiger partial charge is 0.259 e. The van der Waals surface area contributed by atoms with E-state index in [9.17, 15) is 4.79 Å². The minimum atomic E-state index is -0.174. The van der Waals surface area contributed by atoms with Crippen LogP contribution in [0, 0.1) is 0 Å². The standard InChI is InChI=1S/C13H15BrN4O/c1-3-12-9(7-18(2)17-12)13(19)16-8-4-5-10(14)11(15)6-8/h4-7H,3,15H2,1-2H3,(H,16,19). The number of carbonyl (C=O) groups excluding carboxylic acids is 1. The molecule has 5 nitrogen and oxygen atoms in total. The number of aromatic nitrogens is 2. The molecule has 19 heavy (non-hydrogen) atoms. The van der Waals surface area contributed by atoms with Crippen LogP contribution in [0.25, 0.3) is 0 Å². The first-order valence-corrected chi connectivity index (χ1v) is 6.69. The quantitative estimate of drug-likeness (QED) is 0.853. The van der Waals surface area contributed by atoms with Crippen molar-refractivity contribution in [2.45, 2.75) is 13.3 Å². The molecule has 0 atom stereocenters. The van der Waals surface area contributed by atoms with Crippen LogP contribution in [0.15, 0.2) is 28.9 Å². The molecule has 6 heteroatoms. The third kappa shape index (κ3) is 2.96. The van der Waals surface area contributed by atoms with Gasteiger partial charge in [-0.15, -0.1) is 0 Å². The molecule has 0 aliphatic heterocycles. The number of carbonyl (C=O) groups is 1. The van der Waals surface area contributed by atoms with E-state index in [2.05, 4.69) is 26.3 Å². The minimum absolute atomic E-state index is 0.174. The predicted molar refractivity (Wildman–Crippen MR) is 79.1 cm³/mol. The highest BCUT2D eigenvalue weighted by atomic mass is 79.9. The molecule has 0 radical (unpaired) electrons. The third-order valence-corrected chi connectivity index (χ3v) is 3.46. The van der Waals surface area contributed by atoms with E-state index in [1.165, 1.54) is 0 Å². The molecule has 0 aliphatic rings. The highest BCUT2D eigenvalue weighted by Crippen LogP contribution is 2.23. The van der Waals surface area contributed by atoms with Crippen molar-refractivity contribution in [3.63, 3.8) is 0 Å². The number of hydrogen-bond acceptors (Lipinski definition) is 3. The van der Waals surface area contributed by atoms with Crippen molar-refractivity contribution in [2.24, 2.45) is 7.05 Å². The highest BCUT2D eigenvalue weighted by molar-refractivity contribution is 9.10. The lowest BCUT2D eigenvalue weighted by molar-refractivity contribution is 0.102. The second-order valence-corrected chi connectivity index (χ2v) is 5.06. The van der Waals surface area contributed by atoms with E-state index in [0.29, 0.717) is 23.4 Å². The van der Waals surface area contributed by atoms with E-state index in [1.54, 1.807) is 36.1 Å². The van der Waals surface area contributed by atoms with Crippen molar-refractivity contribution < 1.29 is 4.79 Å². The Kier molecular flexibility index (Phi) is 3.90. The van der Waals surface area contributed by atoms with Gasteiger partial charge in [0.15, 0.2) is 0 Å². The third-order valence-electron chi connectivity index (χ3n) is 2.74. The predicted octanol–water partition coefficient (Wildman–Crippen LogP) is 2.58. The molecule has 1 aromatic carbocycles. The number of nitrogens with one attached hydrogen (secondary N) is 1. The summed E-state index contributed by atoms with van der Waals surface area (Å²) in [6.07, 6.45) is 2.43. The molecule has 100 valence electrons. The monoisotopic (exact) mass is 322 g/mol. The molecule has 0 saturated carbocycles. The van der Waals surface area contributed by atoms with Crippen LogP contribution in [0.3, 0.4) is 0 Å². The number of anilines is 2. The van der Waals surface area contributed by atoms with Gasteiger partial charge in [0, 0.05) is 29.1 Å². The maximum absolute atomic E-state index is 12.2. The molecule has 1 heterocycles. The average molecular weight is 323 g/mol. The number of nitrogens with zero attached hydrogens (tertiary/aromatic N) is 2. The summed E-state index contributed by atoms with van der Waals surface area (Å²) in [6, 6.07) is 5.30. The molecule has 0 saturated heterocycles. The Balaban J connectivity index is 2.22. The van der Waals surface area contributed by atoms with Crippen LogP contribution < -0.4 is 11.1 Å². The van der Waals surface area contributed by atoms with Crippen molar-refractivity contribution >= 4 is 33.2 Å². The van der Waals surface area contributed by atoms with Crippen molar-refractivity contribution in [2.75, 3.05) is 11.1 Å². The maximum atomic E-state index is 12.2. The van der Waals surface area contributed by atoms with Crippen molar-refractivity contribution in [3.05, 3.63) is 40.1 Å². The van der Waals surface area contributed by atoms with Gasteiger partial charge < -0.3 is 11.1 Å². The lowest BCUT2D eigenvalue weighted by atomic mass is 10.2. The van der Waals surface area contributed by atoms with Crippen LogP contribution in [0.2, 0.25) is 0 Å².